The van der Waals surface area contributed by atoms with Gasteiger partial charge in [-0.2, -0.15) is 0 Å². The van der Waals surface area contributed by atoms with Crippen LogP contribution in [0.5, 0.6) is 0 Å². The van der Waals surface area contributed by atoms with Gasteiger partial charge < -0.3 is 9.47 Å². The molecule has 96 valence electrons. The van der Waals surface area contributed by atoms with Gasteiger partial charge in [0.25, 0.3) is 0 Å². The van der Waals surface area contributed by atoms with Gasteiger partial charge in [-0.15, -0.1) is 0 Å². The van der Waals surface area contributed by atoms with Crippen molar-refractivity contribution in [3.8, 4) is 0 Å². The predicted molar refractivity (Wildman–Crippen MR) is 71.8 cm³/mol. The fourth-order valence-corrected chi connectivity index (χ4v) is 5.89. The van der Waals surface area contributed by atoms with Crippen molar-refractivity contribution in [2.75, 3.05) is 13.2 Å². The molecule has 0 N–H and O–H groups in total. The van der Waals surface area contributed by atoms with Crippen LogP contribution in [0, 0.1) is 0 Å². The van der Waals surface area contributed by atoms with Crippen molar-refractivity contribution >= 4 is 8.07 Å². The van der Waals surface area contributed by atoms with E-state index in [1.807, 2.05) is 0 Å². The van der Waals surface area contributed by atoms with Crippen LogP contribution in [-0.4, -0.2) is 33.5 Å². The largest absolute Gasteiger partial charge is 0.376 e. The first-order valence-corrected chi connectivity index (χ1v) is 9.71. The fraction of sp³-hybridized carbons (Fsp3) is 1.00. The molecule has 2 nitrogen and oxygen atoms in total. The third kappa shape index (κ3) is 4.56. The Morgan fingerprint density at radius 1 is 1.25 bits per heavy atom. The minimum Gasteiger partial charge on any atom is -0.376 e. The summed E-state index contributed by atoms with van der Waals surface area (Å²) in [6.45, 7) is 11.1. The van der Waals surface area contributed by atoms with Crippen molar-refractivity contribution in [2.45, 2.75) is 70.5 Å². The summed E-state index contributed by atoms with van der Waals surface area (Å²) in [5, 5.41) is 0. The highest BCUT2D eigenvalue weighted by Crippen LogP contribution is 2.27. The second kappa shape index (κ2) is 6.77. The fourth-order valence-electron chi connectivity index (χ4n) is 2.31. The summed E-state index contributed by atoms with van der Waals surface area (Å²) in [5.41, 5.74) is 0. The molecule has 2 atom stereocenters. The van der Waals surface area contributed by atoms with Gasteiger partial charge >= 0.3 is 0 Å². The molecule has 3 heteroatoms. The third-order valence-corrected chi connectivity index (χ3v) is 10.1. The van der Waals surface area contributed by atoms with Crippen molar-refractivity contribution in [3.05, 3.63) is 0 Å². The van der Waals surface area contributed by atoms with Crippen LogP contribution in [0.25, 0.3) is 0 Å². The Hall–Kier alpha value is 0.137. The summed E-state index contributed by atoms with van der Waals surface area (Å²) in [6.07, 6.45) is 2.07. The number of rotatable bonds is 9. The molecular formula is C13H28O2Si. The highest BCUT2D eigenvalue weighted by atomic mass is 28.3. The summed E-state index contributed by atoms with van der Waals surface area (Å²) in [6, 6.07) is 5.72. The molecule has 1 aliphatic heterocycles. The van der Waals surface area contributed by atoms with Crippen LogP contribution < -0.4 is 0 Å². The number of epoxide rings is 1. The zero-order valence-electron chi connectivity index (χ0n) is 11.4. The lowest BCUT2D eigenvalue weighted by molar-refractivity contribution is 0.0520. The Kier molecular flexibility index (Phi) is 6.01. The van der Waals surface area contributed by atoms with Crippen molar-refractivity contribution < 1.29 is 9.47 Å². The lowest BCUT2D eigenvalue weighted by Crippen LogP contribution is -2.32. The Morgan fingerprint density at radius 3 is 2.25 bits per heavy atom. The van der Waals surface area contributed by atoms with Crippen molar-refractivity contribution in [1.29, 1.82) is 0 Å². The van der Waals surface area contributed by atoms with E-state index < -0.39 is 8.07 Å². The molecule has 0 bridgehead atoms. The van der Waals surface area contributed by atoms with Crippen LogP contribution in [0.3, 0.4) is 0 Å². The molecule has 0 spiro atoms. The molecule has 0 aromatic heterocycles. The Morgan fingerprint density at radius 2 is 1.81 bits per heavy atom. The van der Waals surface area contributed by atoms with Gasteiger partial charge in [-0.1, -0.05) is 44.9 Å². The third-order valence-electron chi connectivity index (χ3n) is 4.30. The van der Waals surface area contributed by atoms with E-state index >= 15 is 0 Å². The number of ether oxygens (including phenoxy) is 2. The van der Waals surface area contributed by atoms with Crippen molar-refractivity contribution in [2.24, 2.45) is 0 Å². The minimum absolute atomic E-state index is 0.410. The van der Waals surface area contributed by atoms with Crippen LogP contribution in [0.15, 0.2) is 0 Å². The van der Waals surface area contributed by atoms with Crippen molar-refractivity contribution in [3.63, 3.8) is 0 Å². The summed E-state index contributed by atoms with van der Waals surface area (Å²) < 4.78 is 10.9. The van der Waals surface area contributed by atoms with Gasteiger partial charge in [-0.05, 0) is 13.3 Å². The van der Waals surface area contributed by atoms with E-state index in [1.165, 1.54) is 30.6 Å². The van der Waals surface area contributed by atoms with E-state index in [-0.39, 0.29) is 0 Å². The molecule has 1 fully saturated rings. The maximum Gasteiger partial charge on any atom is 0.104 e. The second-order valence-electron chi connectivity index (χ2n) is 5.20. The van der Waals surface area contributed by atoms with E-state index in [9.17, 15) is 0 Å². The molecule has 1 aliphatic rings. The first-order valence-electron chi connectivity index (χ1n) is 6.89. The SMILES string of the molecule is CC[Si](CC)(CC)CCC(C)OCC1CO1. The van der Waals surface area contributed by atoms with E-state index in [1.54, 1.807) is 0 Å². The van der Waals surface area contributed by atoms with Gasteiger partial charge in [0, 0.05) is 0 Å². The van der Waals surface area contributed by atoms with Gasteiger partial charge in [0.05, 0.1) is 27.4 Å². The Balaban J connectivity index is 2.18. The van der Waals surface area contributed by atoms with Gasteiger partial charge in [0.2, 0.25) is 0 Å². The van der Waals surface area contributed by atoms with E-state index in [4.69, 9.17) is 9.47 Å². The van der Waals surface area contributed by atoms with Crippen LogP contribution >= 0.6 is 0 Å². The van der Waals surface area contributed by atoms with Gasteiger partial charge in [-0.25, -0.2) is 0 Å². The Bertz CT molecular complexity index is 180. The lowest BCUT2D eigenvalue weighted by Gasteiger charge is -2.29. The molecule has 0 radical (unpaired) electrons. The van der Waals surface area contributed by atoms with Crippen LogP contribution in [-0.2, 0) is 9.47 Å². The second-order valence-corrected chi connectivity index (χ2v) is 10.8. The molecular weight excluding hydrogens is 216 g/mol. The predicted octanol–water partition coefficient (Wildman–Crippen LogP) is 3.69. The van der Waals surface area contributed by atoms with E-state index in [0.717, 1.165) is 13.2 Å². The standard InChI is InChI=1S/C13H28O2Si/c1-5-16(6-2,7-3)9-8-12(4)14-10-13-11-15-13/h12-13H,5-11H2,1-4H3. The number of hydrogen-bond donors (Lipinski definition) is 0. The first kappa shape index (κ1) is 14.2. The van der Waals surface area contributed by atoms with Crippen LogP contribution in [0.4, 0.5) is 0 Å². The molecule has 0 aromatic carbocycles. The normalized spacial score (nSPS) is 22.1. The topological polar surface area (TPSA) is 21.8 Å². The molecule has 2 unspecified atom stereocenters. The maximum absolute atomic E-state index is 5.79. The lowest BCUT2D eigenvalue weighted by atomic mass is 10.3. The molecule has 16 heavy (non-hydrogen) atoms. The highest BCUT2D eigenvalue weighted by molar-refractivity contribution is 6.79. The van der Waals surface area contributed by atoms with Gasteiger partial charge in [0.1, 0.15) is 6.10 Å². The van der Waals surface area contributed by atoms with Crippen molar-refractivity contribution in [1.82, 2.24) is 0 Å². The molecule has 1 heterocycles. The number of hydrogen-bond acceptors (Lipinski definition) is 2. The van der Waals surface area contributed by atoms with Gasteiger partial charge in [0.15, 0.2) is 0 Å². The highest BCUT2D eigenvalue weighted by Gasteiger charge is 2.28. The summed E-state index contributed by atoms with van der Waals surface area (Å²) in [7, 11) is -0.932. The van der Waals surface area contributed by atoms with E-state index in [0.29, 0.717) is 12.2 Å². The van der Waals surface area contributed by atoms with Crippen LogP contribution in [0.2, 0.25) is 24.2 Å². The molecule has 1 rings (SSSR count). The summed E-state index contributed by atoms with van der Waals surface area (Å²) in [5.74, 6) is 0. The average molecular weight is 244 g/mol. The maximum atomic E-state index is 5.79. The van der Waals surface area contributed by atoms with Gasteiger partial charge in [-0.3, -0.25) is 0 Å². The zero-order valence-corrected chi connectivity index (χ0v) is 12.4. The molecule has 0 aromatic rings. The monoisotopic (exact) mass is 244 g/mol. The average Bonchev–Trinajstić information content (AvgIpc) is 3.13. The van der Waals surface area contributed by atoms with Crippen LogP contribution in [0.1, 0.15) is 34.1 Å². The molecule has 0 aliphatic carbocycles. The molecule has 0 saturated carbocycles. The Labute approximate surface area is 102 Å². The summed E-state index contributed by atoms with van der Waals surface area (Å²) >= 11 is 0. The summed E-state index contributed by atoms with van der Waals surface area (Å²) in [4.78, 5) is 0. The zero-order chi connectivity index (χ0) is 12.0. The minimum atomic E-state index is -0.932. The quantitative estimate of drug-likeness (QED) is 0.456. The van der Waals surface area contributed by atoms with E-state index in [2.05, 4.69) is 27.7 Å². The first-order chi connectivity index (χ1) is 7.65. The molecule has 1 saturated heterocycles. The molecule has 0 amide bonds. The smallest absolute Gasteiger partial charge is 0.104 e.